The zero-order valence-electron chi connectivity index (χ0n) is 17.9. The highest BCUT2D eigenvalue weighted by molar-refractivity contribution is 7.90. The Bertz CT molecular complexity index is 911. The minimum Gasteiger partial charge on any atom is -0.376 e. The molecule has 31 heavy (non-hydrogen) atoms. The standard InChI is InChI=1S/C21H28BClO7S/c1-31(27,28)18-9-8-15(21(26)19(22)17(25)7-2-4-10-24)20(23)16(18)13-29-12-14-6-3-5-11-30-14/h8-10,14,19H,2-7,11-13,22H2,1H3. The van der Waals surface area contributed by atoms with E-state index < -0.39 is 21.4 Å². The van der Waals surface area contributed by atoms with Crippen LogP contribution in [0.3, 0.4) is 0 Å². The van der Waals surface area contributed by atoms with Gasteiger partial charge in [-0.2, -0.15) is 0 Å². The minimum atomic E-state index is -3.61. The molecule has 0 aromatic heterocycles. The largest absolute Gasteiger partial charge is 0.376 e. The lowest BCUT2D eigenvalue weighted by Crippen LogP contribution is -2.24. The number of hydrogen-bond acceptors (Lipinski definition) is 7. The summed E-state index contributed by atoms with van der Waals surface area (Å²) in [4.78, 5) is 35.6. The zero-order chi connectivity index (χ0) is 23.0. The van der Waals surface area contributed by atoms with Crippen molar-refractivity contribution >= 4 is 47.1 Å². The molecule has 0 radical (unpaired) electrons. The maximum absolute atomic E-state index is 12.9. The van der Waals surface area contributed by atoms with Crippen molar-refractivity contribution in [3.63, 3.8) is 0 Å². The fourth-order valence-corrected chi connectivity index (χ4v) is 4.75. The van der Waals surface area contributed by atoms with E-state index in [0.29, 0.717) is 19.6 Å². The molecule has 10 heteroatoms. The van der Waals surface area contributed by atoms with Crippen molar-refractivity contribution in [3.05, 3.63) is 28.3 Å². The van der Waals surface area contributed by atoms with Crippen molar-refractivity contribution in [1.82, 2.24) is 0 Å². The summed E-state index contributed by atoms with van der Waals surface area (Å²) >= 11 is 6.46. The van der Waals surface area contributed by atoms with Gasteiger partial charge in [0.15, 0.2) is 15.6 Å². The molecule has 0 amide bonds. The van der Waals surface area contributed by atoms with E-state index in [1.54, 1.807) is 0 Å². The summed E-state index contributed by atoms with van der Waals surface area (Å²) in [6, 6.07) is 2.66. The Morgan fingerprint density at radius 1 is 1.35 bits per heavy atom. The van der Waals surface area contributed by atoms with Gasteiger partial charge in [0.25, 0.3) is 0 Å². The highest BCUT2D eigenvalue weighted by atomic mass is 35.5. The molecule has 1 heterocycles. The van der Waals surface area contributed by atoms with Gasteiger partial charge in [0.2, 0.25) is 0 Å². The molecule has 1 aliphatic heterocycles. The summed E-state index contributed by atoms with van der Waals surface area (Å²) in [5.74, 6) is -1.72. The third kappa shape index (κ3) is 7.24. The molecule has 2 unspecified atom stereocenters. The van der Waals surface area contributed by atoms with Crippen LogP contribution in [0.2, 0.25) is 10.8 Å². The van der Waals surface area contributed by atoms with Crippen LogP contribution in [0, 0.1) is 0 Å². The lowest BCUT2D eigenvalue weighted by molar-refractivity contribution is -0.118. The fraction of sp³-hybridized carbons (Fsp3) is 0.571. The number of sulfone groups is 1. The molecule has 1 aromatic carbocycles. The predicted molar refractivity (Wildman–Crippen MR) is 119 cm³/mol. The van der Waals surface area contributed by atoms with Crippen molar-refractivity contribution in [3.8, 4) is 0 Å². The first kappa shape index (κ1) is 25.7. The van der Waals surface area contributed by atoms with Crippen LogP contribution in [0.5, 0.6) is 0 Å². The van der Waals surface area contributed by atoms with Gasteiger partial charge < -0.3 is 14.3 Å². The number of aldehydes is 1. The van der Waals surface area contributed by atoms with Crippen LogP contribution in [-0.2, 0) is 35.5 Å². The quantitative estimate of drug-likeness (QED) is 0.152. The number of carbonyl (C=O) groups excluding carboxylic acids is 3. The van der Waals surface area contributed by atoms with Crippen LogP contribution < -0.4 is 0 Å². The Hall–Kier alpha value is -1.55. The van der Waals surface area contributed by atoms with Crippen LogP contribution in [0.25, 0.3) is 0 Å². The van der Waals surface area contributed by atoms with Gasteiger partial charge in [-0.15, -0.1) is 0 Å². The first-order valence-corrected chi connectivity index (χ1v) is 12.6. The van der Waals surface area contributed by atoms with E-state index in [4.69, 9.17) is 21.1 Å². The topological polar surface area (TPSA) is 104 Å². The van der Waals surface area contributed by atoms with Crippen molar-refractivity contribution < 1.29 is 32.3 Å². The first-order chi connectivity index (χ1) is 14.7. The third-order valence-electron chi connectivity index (χ3n) is 5.31. The highest BCUT2D eigenvalue weighted by Gasteiger charge is 2.27. The van der Waals surface area contributed by atoms with Gasteiger partial charge >= 0.3 is 0 Å². The lowest BCUT2D eigenvalue weighted by Gasteiger charge is -2.23. The number of hydrogen-bond donors (Lipinski definition) is 0. The normalized spacial score (nSPS) is 17.8. The maximum Gasteiger partial charge on any atom is 0.175 e. The number of Topliss-reactive ketones (excluding diaryl/α,β-unsaturated/α-hetero) is 2. The van der Waals surface area contributed by atoms with Crippen molar-refractivity contribution in [1.29, 1.82) is 0 Å². The second-order valence-electron chi connectivity index (χ2n) is 7.79. The van der Waals surface area contributed by atoms with Crippen LogP contribution >= 0.6 is 11.6 Å². The van der Waals surface area contributed by atoms with Crippen molar-refractivity contribution in [2.24, 2.45) is 0 Å². The number of ketones is 2. The van der Waals surface area contributed by atoms with E-state index in [9.17, 15) is 22.8 Å². The van der Waals surface area contributed by atoms with Crippen LogP contribution in [0.1, 0.15) is 54.4 Å². The van der Waals surface area contributed by atoms with E-state index in [1.165, 1.54) is 20.0 Å². The lowest BCUT2D eigenvalue weighted by atomic mass is 9.76. The molecule has 2 rings (SSSR count). The monoisotopic (exact) mass is 470 g/mol. The summed E-state index contributed by atoms with van der Waals surface area (Å²) < 4.78 is 35.8. The maximum atomic E-state index is 12.9. The second-order valence-corrected chi connectivity index (χ2v) is 10.2. The SMILES string of the molecule is BC(C(=O)CCCC=O)C(=O)c1ccc(S(C)(=O)=O)c(COCC2CCCCO2)c1Cl. The molecule has 0 N–H and O–H groups in total. The Kier molecular flexibility index (Phi) is 9.87. The van der Waals surface area contributed by atoms with Gasteiger partial charge in [0.05, 0.1) is 29.2 Å². The average Bonchev–Trinajstić information content (AvgIpc) is 2.73. The van der Waals surface area contributed by atoms with Crippen LogP contribution in [-0.4, -0.2) is 59.7 Å². The summed E-state index contributed by atoms with van der Waals surface area (Å²) in [5, 5.41) is -0.0231. The fourth-order valence-electron chi connectivity index (χ4n) is 3.46. The van der Waals surface area contributed by atoms with Gasteiger partial charge in [0, 0.05) is 42.6 Å². The molecule has 0 saturated carbocycles. The molecule has 0 aliphatic carbocycles. The molecule has 1 fully saturated rings. The summed E-state index contributed by atoms with van der Waals surface area (Å²) in [5.41, 5.74) is 0.282. The van der Waals surface area contributed by atoms with E-state index in [2.05, 4.69) is 0 Å². The Labute approximate surface area is 189 Å². The van der Waals surface area contributed by atoms with E-state index in [-0.39, 0.29) is 52.4 Å². The smallest absolute Gasteiger partial charge is 0.175 e. The number of benzene rings is 1. The van der Waals surface area contributed by atoms with E-state index >= 15 is 0 Å². The molecular weight excluding hydrogens is 443 g/mol. The van der Waals surface area contributed by atoms with Crippen molar-refractivity contribution in [2.75, 3.05) is 19.5 Å². The number of ether oxygens (including phenoxy) is 2. The molecule has 1 aliphatic rings. The number of halogens is 1. The van der Waals surface area contributed by atoms with Gasteiger partial charge in [-0.3, -0.25) is 9.59 Å². The number of carbonyl (C=O) groups is 3. The average molecular weight is 471 g/mol. The van der Waals surface area contributed by atoms with Gasteiger partial charge in [-0.1, -0.05) is 11.6 Å². The van der Waals surface area contributed by atoms with Crippen LogP contribution in [0.15, 0.2) is 17.0 Å². The zero-order valence-corrected chi connectivity index (χ0v) is 19.5. The predicted octanol–water partition coefficient (Wildman–Crippen LogP) is 2.37. The summed E-state index contributed by atoms with van der Waals surface area (Å²) in [6.07, 6.45) is 5.41. The molecule has 2 atom stereocenters. The van der Waals surface area contributed by atoms with Gasteiger partial charge in [-0.25, -0.2) is 8.42 Å². The Balaban J connectivity index is 2.22. The van der Waals surface area contributed by atoms with Gasteiger partial charge in [0.1, 0.15) is 19.9 Å². The first-order valence-electron chi connectivity index (χ1n) is 10.4. The van der Waals surface area contributed by atoms with E-state index in [1.807, 2.05) is 0 Å². The molecule has 0 spiro atoms. The summed E-state index contributed by atoms with van der Waals surface area (Å²) in [7, 11) is -2.12. The molecule has 1 saturated heterocycles. The highest BCUT2D eigenvalue weighted by Crippen LogP contribution is 2.31. The molecule has 0 bridgehead atoms. The van der Waals surface area contributed by atoms with Crippen molar-refractivity contribution in [2.45, 2.75) is 61.9 Å². The second kappa shape index (κ2) is 11.9. The Morgan fingerprint density at radius 2 is 2.10 bits per heavy atom. The molecule has 7 nitrogen and oxygen atoms in total. The van der Waals surface area contributed by atoms with Gasteiger partial charge in [-0.05, 0) is 37.8 Å². The minimum absolute atomic E-state index is 0.0106. The molecular formula is C21H28BClO7S. The third-order valence-corrected chi connectivity index (χ3v) is 6.92. The molecule has 170 valence electrons. The molecule has 1 aromatic rings. The van der Waals surface area contributed by atoms with E-state index in [0.717, 1.165) is 31.8 Å². The van der Waals surface area contributed by atoms with Crippen LogP contribution in [0.4, 0.5) is 0 Å². The number of unbranched alkanes of at least 4 members (excludes halogenated alkanes) is 1. The summed E-state index contributed by atoms with van der Waals surface area (Å²) in [6.45, 7) is 0.874. The number of rotatable bonds is 12. The Morgan fingerprint density at radius 3 is 2.71 bits per heavy atom.